The summed E-state index contributed by atoms with van der Waals surface area (Å²) in [5, 5.41) is 12.5. The van der Waals surface area contributed by atoms with E-state index >= 15 is 0 Å². The van der Waals surface area contributed by atoms with E-state index in [0.717, 1.165) is 11.3 Å². The molecule has 30 heavy (non-hydrogen) atoms. The molecule has 13 heteroatoms. The molecule has 3 rings (SSSR count). The number of anilines is 1. The maximum Gasteiger partial charge on any atom is 0.347 e. The summed E-state index contributed by atoms with van der Waals surface area (Å²) in [5.41, 5.74) is 0.625. The number of carbonyl (C=O) groups is 2. The largest absolute Gasteiger partial charge is 0.477 e. The molecule has 0 saturated carbocycles. The highest BCUT2D eigenvalue weighted by atomic mass is 35.5. The van der Waals surface area contributed by atoms with Crippen LogP contribution in [0.5, 0.6) is 0 Å². The minimum absolute atomic E-state index is 0.0397. The summed E-state index contributed by atoms with van der Waals surface area (Å²) in [4.78, 5) is 36.4. The van der Waals surface area contributed by atoms with Crippen LogP contribution in [0, 0.1) is 0 Å². The molecule has 1 aliphatic rings. The number of aromatic nitrogens is 3. The zero-order valence-corrected chi connectivity index (χ0v) is 17.5. The van der Waals surface area contributed by atoms with Crippen molar-refractivity contribution in [2.75, 3.05) is 24.6 Å². The molecule has 3 heterocycles. The van der Waals surface area contributed by atoms with Crippen LogP contribution in [-0.2, 0) is 11.2 Å². The van der Waals surface area contributed by atoms with Gasteiger partial charge in [-0.1, -0.05) is 29.9 Å². The molecule has 1 aliphatic heterocycles. The van der Waals surface area contributed by atoms with Crippen LogP contribution in [0.1, 0.15) is 39.3 Å². The van der Waals surface area contributed by atoms with Crippen molar-refractivity contribution in [1.29, 1.82) is 0 Å². The summed E-state index contributed by atoms with van der Waals surface area (Å²) in [5.74, 6) is -1.56. The van der Waals surface area contributed by atoms with Crippen LogP contribution in [0.4, 0.5) is 13.9 Å². The summed E-state index contributed by atoms with van der Waals surface area (Å²) in [6, 6.07) is -0.541. The van der Waals surface area contributed by atoms with Gasteiger partial charge in [0, 0.05) is 13.1 Å². The van der Waals surface area contributed by atoms with Crippen molar-refractivity contribution in [3.63, 3.8) is 0 Å². The van der Waals surface area contributed by atoms with E-state index in [1.54, 1.807) is 4.90 Å². The Morgan fingerprint density at radius 2 is 2.30 bits per heavy atom. The molecular formula is C17H20ClF2N5O4S. The Morgan fingerprint density at radius 3 is 2.90 bits per heavy atom. The molecule has 0 aromatic carbocycles. The lowest BCUT2D eigenvalue weighted by atomic mass is 10.0. The molecule has 0 unspecified atom stereocenters. The molecule has 0 spiro atoms. The average molecular weight is 464 g/mol. The fourth-order valence-electron chi connectivity index (χ4n) is 3.10. The summed E-state index contributed by atoms with van der Waals surface area (Å²) in [6.45, 7) is 1.68. The van der Waals surface area contributed by atoms with Gasteiger partial charge in [0.25, 0.3) is 12.3 Å². The number of piperidine rings is 1. The fourth-order valence-corrected chi connectivity index (χ4v) is 4.15. The topological polar surface area (TPSA) is 120 Å². The number of rotatable bonds is 8. The number of hydrogen-bond donors (Lipinski definition) is 3. The Labute approximate surface area is 179 Å². The highest BCUT2D eigenvalue weighted by Gasteiger charge is 2.34. The molecule has 0 bridgehead atoms. The third-order valence-corrected chi connectivity index (χ3v) is 5.94. The summed E-state index contributed by atoms with van der Waals surface area (Å²) in [6.07, 6.45) is -1.20. The van der Waals surface area contributed by atoms with Crippen LogP contribution < -0.4 is 10.2 Å². The molecule has 1 fully saturated rings. The van der Waals surface area contributed by atoms with Gasteiger partial charge in [0.2, 0.25) is 0 Å². The van der Waals surface area contributed by atoms with Crippen LogP contribution in [0.25, 0.3) is 0 Å². The molecule has 9 nitrogen and oxygen atoms in total. The quantitative estimate of drug-likeness (QED) is 0.549. The van der Waals surface area contributed by atoms with E-state index in [1.807, 2.05) is 6.92 Å². The van der Waals surface area contributed by atoms with Crippen molar-refractivity contribution in [2.45, 2.75) is 38.3 Å². The molecule has 1 amide bonds. The van der Waals surface area contributed by atoms with E-state index in [0.29, 0.717) is 30.2 Å². The first-order valence-electron chi connectivity index (χ1n) is 9.17. The van der Waals surface area contributed by atoms with Gasteiger partial charge in [-0.15, -0.1) is 0 Å². The zero-order valence-electron chi connectivity index (χ0n) is 15.9. The van der Waals surface area contributed by atoms with Crippen LogP contribution in [0.2, 0.25) is 5.15 Å². The fraction of sp³-hybridized carbons (Fsp3) is 0.529. The number of carboxylic acid groups (broad SMARTS) is 1. The van der Waals surface area contributed by atoms with E-state index in [1.165, 1.54) is 6.20 Å². The number of imidazole rings is 1. The number of nitrogens with one attached hydrogen (secondary N) is 2. The summed E-state index contributed by atoms with van der Waals surface area (Å²) >= 11 is 6.96. The Hall–Kier alpha value is -2.31. The Morgan fingerprint density at radius 1 is 1.53 bits per heavy atom. The second-order valence-corrected chi connectivity index (χ2v) is 7.97. The number of H-pyrrole nitrogens is 1. The van der Waals surface area contributed by atoms with Crippen LogP contribution in [0.15, 0.2) is 6.20 Å². The minimum Gasteiger partial charge on any atom is -0.477 e. The minimum atomic E-state index is -2.66. The maximum atomic E-state index is 12.7. The standard InChI is InChI=1S/C17H20ClF2N5O4S/c1-2-8-13(18)24-14(22-8)15(26)23-9-3-4-25(6-10(9)29-7-12(19)20)17-21-5-11(30-17)16(27)28/h5,9-10,12H,2-4,6-7H2,1H3,(H,22,24)(H,23,26)(H,27,28)/t9-,10+/m0/s1. The van der Waals surface area contributed by atoms with Crippen molar-refractivity contribution < 1.29 is 28.2 Å². The van der Waals surface area contributed by atoms with Gasteiger partial charge >= 0.3 is 5.97 Å². The summed E-state index contributed by atoms with van der Waals surface area (Å²) < 4.78 is 30.8. The van der Waals surface area contributed by atoms with Crippen LogP contribution in [-0.4, -0.2) is 70.2 Å². The second-order valence-electron chi connectivity index (χ2n) is 6.60. The van der Waals surface area contributed by atoms with Gasteiger partial charge in [0.15, 0.2) is 16.1 Å². The predicted molar refractivity (Wildman–Crippen MR) is 106 cm³/mol. The van der Waals surface area contributed by atoms with E-state index in [-0.39, 0.29) is 22.4 Å². The van der Waals surface area contributed by atoms with Crippen LogP contribution in [0.3, 0.4) is 0 Å². The second kappa shape index (κ2) is 9.67. The van der Waals surface area contributed by atoms with Crippen molar-refractivity contribution in [1.82, 2.24) is 20.3 Å². The van der Waals surface area contributed by atoms with E-state index in [9.17, 15) is 18.4 Å². The first-order valence-corrected chi connectivity index (χ1v) is 10.4. The number of carboxylic acids is 1. The number of thiazole rings is 1. The van der Waals surface area contributed by atoms with Crippen LogP contribution >= 0.6 is 22.9 Å². The van der Waals surface area contributed by atoms with Crippen molar-refractivity contribution in [2.24, 2.45) is 0 Å². The number of aryl methyl sites for hydroxylation is 1. The first kappa shape index (κ1) is 22.4. The van der Waals surface area contributed by atoms with E-state index in [2.05, 4.69) is 20.3 Å². The van der Waals surface area contributed by atoms with E-state index in [4.69, 9.17) is 21.4 Å². The lowest BCUT2D eigenvalue weighted by Gasteiger charge is -2.38. The number of amides is 1. The number of halogens is 3. The Bertz CT molecular complexity index is 909. The molecule has 2 aromatic heterocycles. The van der Waals surface area contributed by atoms with Crippen molar-refractivity contribution in [3.8, 4) is 0 Å². The molecule has 164 valence electrons. The third kappa shape index (κ3) is 5.24. The first-order chi connectivity index (χ1) is 14.3. The maximum absolute atomic E-state index is 12.7. The molecule has 0 radical (unpaired) electrons. The Kier molecular flexibility index (Phi) is 7.21. The van der Waals surface area contributed by atoms with Gasteiger partial charge in [-0.25, -0.2) is 23.5 Å². The van der Waals surface area contributed by atoms with E-state index < -0.39 is 37.1 Å². The van der Waals surface area contributed by atoms with Gasteiger partial charge < -0.3 is 25.0 Å². The normalized spacial score (nSPS) is 19.3. The van der Waals surface area contributed by atoms with Gasteiger partial charge in [0.05, 0.1) is 24.0 Å². The van der Waals surface area contributed by atoms with Crippen molar-refractivity contribution in [3.05, 3.63) is 27.7 Å². The Balaban J connectivity index is 1.71. The molecule has 2 aromatic rings. The molecule has 2 atom stereocenters. The number of alkyl halides is 2. The SMILES string of the molecule is CCc1[nH]c(C(=O)N[C@H]2CCN(c3ncc(C(=O)O)s3)C[C@H]2OCC(F)F)nc1Cl. The molecule has 3 N–H and O–H groups in total. The molecule has 0 aliphatic carbocycles. The number of nitrogens with zero attached hydrogens (tertiary/aromatic N) is 3. The number of aromatic amines is 1. The van der Waals surface area contributed by atoms with Crippen molar-refractivity contribution >= 4 is 39.9 Å². The number of ether oxygens (including phenoxy) is 1. The van der Waals surface area contributed by atoms with Gasteiger partial charge in [-0.05, 0) is 12.8 Å². The van der Waals surface area contributed by atoms with Gasteiger partial charge in [-0.3, -0.25) is 4.79 Å². The lowest BCUT2D eigenvalue weighted by Crippen LogP contribution is -2.55. The van der Waals surface area contributed by atoms with Gasteiger partial charge in [-0.2, -0.15) is 0 Å². The summed E-state index contributed by atoms with van der Waals surface area (Å²) in [7, 11) is 0. The predicted octanol–water partition coefficient (Wildman–Crippen LogP) is 2.44. The molecule has 1 saturated heterocycles. The monoisotopic (exact) mass is 463 g/mol. The number of aromatic carboxylic acids is 1. The zero-order chi connectivity index (χ0) is 21.8. The molecular weight excluding hydrogens is 444 g/mol. The highest BCUT2D eigenvalue weighted by molar-refractivity contribution is 7.17. The number of hydrogen-bond acceptors (Lipinski definition) is 7. The smallest absolute Gasteiger partial charge is 0.347 e. The van der Waals surface area contributed by atoms with Gasteiger partial charge in [0.1, 0.15) is 11.5 Å². The third-order valence-electron chi connectivity index (χ3n) is 4.58. The number of carbonyl (C=O) groups excluding carboxylic acids is 1. The highest BCUT2D eigenvalue weighted by Crippen LogP contribution is 2.27. The average Bonchev–Trinajstić information content (AvgIpc) is 3.34. The lowest BCUT2D eigenvalue weighted by molar-refractivity contribution is -0.0391.